The third-order valence-corrected chi connectivity index (χ3v) is 5.65. The molecule has 0 saturated carbocycles. The Morgan fingerprint density at radius 1 is 1.19 bits per heavy atom. The first-order valence-corrected chi connectivity index (χ1v) is 9.36. The first kappa shape index (κ1) is 21.5. The normalized spacial score (nSPS) is 12.4. The molecule has 0 bridgehead atoms. The molecule has 2 rings (SSSR count). The number of carbonyl (C=O) groups is 1. The highest BCUT2D eigenvalue weighted by atomic mass is 35.5. The van der Waals surface area contributed by atoms with Crippen molar-refractivity contribution in [1.82, 2.24) is 4.90 Å². The SMILES string of the molecule is CN(C)C(=S)SC(C(=O)Nc1ccc(Cl)cc1C(F)(F)F)c1ccccc1. The zero-order valence-electron chi connectivity index (χ0n) is 14.4. The third kappa shape index (κ3) is 5.85. The van der Waals surface area contributed by atoms with Crippen LogP contribution in [0.1, 0.15) is 16.4 Å². The van der Waals surface area contributed by atoms with E-state index in [9.17, 15) is 18.0 Å². The van der Waals surface area contributed by atoms with Crippen molar-refractivity contribution in [3.05, 3.63) is 64.7 Å². The molecular weight excluding hydrogens is 417 g/mol. The van der Waals surface area contributed by atoms with E-state index >= 15 is 0 Å². The van der Waals surface area contributed by atoms with Crippen LogP contribution in [0.25, 0.3) is 0 Å². The van der Waals surface area contributed by atoms with Gasteiger partial charge >= 0.3 is 6.18 Å². The molecule has 9 heteroatoms. The molecule has 3 nitrogen and oxygen atoms in total. The number of rotatable bonds is 4. The fourth-order valence-electron chi connectivity index (χ4n) is 2.17. The number of benzene rings is 2. The second-order valence-electron chi connectivity index (χ2n) is 5.75. The molecule has 0 radical (unpaired) electrons. The molecule has 0 aromatic heterocycles. The second kappa shape index (κ2) is 8.95. The molecule has 0 heterocycles. The predicted molar refractivity (Wildman–Crippen MR) is 108 cm³/mol. The minimum absolute atomic E-state index is 0.0666. The topological polar surface area (TPSA) is 32.3 Å². The quantitative estimate of drug-likeness (QED) is 0.636. The van der Waals surface area contributed by atoms with Crippen LogP contribution >= 0.6 is 35.6 Å². The lowest BCUT2D eigenvalue weighted by Crippen LogP contribution is -2.25. The maximum absolute atomic E-state index is 13.3. The van der Waals surface area contributed by atoms with Gasteiger partial charge in [0.1, 0.15) is 9.57 Å². The van der Waals surface area contributed by atoms with Gasteiger partial charge in [0.2, 0.25) is 5.91 Å². The number of halogens is 4. The molecule has 0 aliphatic heterocycles. The zero-order valence-corrected chi connectivity index (χ0v) is 16.8. The summed E-state index contributed by atoms with van der Waals surface area (Å²) in [6.07, 6.45) is -4.65. The van der Waals surface area contributed by atoms with Gasteiger partial charge in [-0.1, -0.05) is 65.9 Å². The summed E-state index contributed by atoms with van der Waals surface area (Å²) >= 11 is 12.0. The van der Waals surface area contributed by atoms with Crippen LogP contribution in [0.5, 0.6) is 0 Å². The Labute approximate surface area is 169 Å². The fourth-order valence-corrected chi connectivity index (χ4v) is 3.50. The highest BCUT2D eigenvalue weighted by molar-refractivity contribution is 8.23. The highest BCUT2D eigenvalue weighted by Crippen LogP contribution is 2.38. The van der Waals surface area contributed by atoms with Crippen molar-refractivity contribution in [3.8, 4) is 0 Å². The number of alkyl halides is 3. The number of amides is 1. The number of thiocarbonyl (C=S) groups is 1. The van der Waals surface area contributed by atoms with Crippen LogP contribution in [0.4, 0.5) is 18.9 Å². The lowest BCUT2D eigenvalue weighted by molar-refractivity contribution is -0.137. The van der Waals surface area contributed by atoms with Crippen LogP contribution < -0.4 is 5.32 Å². The first-order chi connectivity index (χ1) is 12.6. The van der Waals surface area contributed by atoms with E-state index in [-0.39, 0.29) is 10.7 Å². The molecule has 1 atom stereocenters. The van der Waals surface area contributed by atoms with Crippen LogP contribution in [0.2, 0.25) is 5.02 Å². The lowest BCUT2D eigenvalue weighted by atomic mass is 10.1. The van der Waals surface area contributed by atoms with Crippen LogP contribution in [0.15, 0.2) is 48.5 Å². The molecule has 0 aliphatic rings. The lowest BCUT2D eigenvalue weighted by Gasteiger charge is -2.21. The average Bonchev–Trinajstić information content (AvgIpc) is 2.60. The van der Waals surface area contributed by atoms with E-state index in [1.807, 2.05) is 0 Å². The number of nitrogens with zero attached hydrogens (tertiary/aromatic N) is 1. The largest absolute Gasteiger partial charge is 0.418 e. The van der Waals surface area contributed by atoms with E-state index in [4.69, 9.17) is 23.8 Å². The van der Waals surface area contributed by atoms with E-state index in [1.165, 1.54) is 6.07 Å². The van der Waals surface area contributed by atoms with E-state index in [0.717, 1.165) is 23.9 Å². The van der Waals surface area contributed by atoms with Crippen molar-refractivity contribution in [3.63, 3.8) is 0 Å². The summed E-state index contributed by atoms with van der Waals surface area (Å²) in [4.78, 5) is 14.5. The van der Waals surface area contributed by atoms with Crippen molar-refractivity contribution in [2.75, 3.05) is 19.4 Å². The molecule has 2 aromatic carbocycles. The standard InChI is InChI=1S/C18H16ClF3N2OS2/c1-24(2)17(26)27-15(11-6-4-3-5-7-11)16(25)23-14-9-8-12(19)10-13(14)18(20,21)22/h3-10,15H,1-2H3,(H,23,25). The van der Waals surface area contributed by atoms with Crippen molar-refractivity contribution < 1.29 is 18.0 Å². The summed E-state index contributed by atoms with van der Waals surface area (Å²) in [5.41, 5.74) is -0.726. The highest BCUT2D eigenvalue weighted by Gasteiger charge is 2.35. The first-order valence-electron chi connectivity index (χ1n) is 7.70. The molecule has 0 saturated heterocycles. The van der Waals surface area contributed by atoms with Crippen molar-refractivity contribution in [2.45, 2.75) is 11.4 Å². The number of thioether (sulfide) groups is 1. The molecule has 1 N–H and O–H groups in total. The van der Waals surface area contributed by atoms with Gasteiger partial charge in [-0.2, -0.15) is 13.2 Å². The van der Waals surface area contributed by atoms with Gasteiger partial charge in [0.25, 0.3) is 0 Å². The summed E-state index contributed by atoms with van der Waals surface area (Å²) in [5, 5.41) is 1.50. The third-order valence-electron chi connectivity index (χ3n) is 3.47. The number of anilines is 1. The van der Waals surface area contributed by atoms with Gasteiger partial charge in [-0.3, -0.25) is 4.79 Å². The second-order valence-corrected chi connectivity index (χ2v) is 7.92. The van der Waals surface area contributed by atoms with Crippen LogP contribution in [0.3, 0.4) is 0 Å². The van der Waals surface area contributed by atoms with Gasteiger partial charge in [0, 0.05) is 19.1 Å². The maximum atomic E-state index is 13.3. The smallest absolute Gasteiger partial charge is 0.364 e. The summed E-state index contributed by atoms with van der Waals surface area (Å²) in [6, 6.07) is 11.9. The van der Waals surface area contributed by atoms with Gasteiger partial charge in [-0.05, 0) is 23.8 Å². The van der Waals surface area contributed by atoms with Crippen molar-refractivity contribution in [2.24, 2.45) is 0 Å². The summed E-state index contributed by atoms with van der Waals surface area (Å²) in [6.45, 7) is 0. The number of carbonyl (C=O) groups excluding carboxylic acids is 1. The van der Waals surface area contributed by atoms with E-state index < -0.39 is 22.9 Å². The minimum atomic E-state index is -4.65. The van der Waals surface area contributed by atoms with Gasteiger partial charge in [0.15, 0.2) is 0 Å². The van der Waals surface area contributed by atoms with Crippen LogP contribution in [-0.2, 0) is 11.0 Å². The predicted octanol–water partition coefficient (Wildman–Crippen LogP) is 5.62. The molecule has 0 aliphatic carbocycles. The average molecular weight is 433 g/mol. The molecule has 0 spiro atoms. The summed E-state index contributed by atoms with van der Waals surface area (Å²) in [5.74, 6) is -0.608. The van der Waals surface area contributed by atoms with Gasteiger partial charge in [0.05, 0.1) is 11.3 Å². The van der Waals surface area contributed by atoms with E-state index in [1.54, 1.807) is 49.3 Å². The van der Waals surface area contributed by atoms with Crippen LogP contribution in [-0.4, -0.2) is 29.2 Å². The van der Waals surface area contributed by atoms with Crippen molar-refractivity contribution in [1.29, 1.82) is 0 Å². The van der Waals surface area contributed by atoms with Crippen molar-refractivity contribution >= 4 is 51.5 Å². The van der Waals surface area contributed by atoms with E-state index in [2.05, 4.69) is 5.32 Å². The number of nitrogens with one attached hydrogen (secondary N) is 1. The molecule has 144 valence electrons. The Bertz CT molecular complexity index is 829. The number of hydrogen-bond donors (Lipinski definition) is 1. The summed E-state index contributed by atoms with van der Waals surface area (Å²) < 4.78 is 40.3. The Kier molecular flexibility index (Phi) is 7.13. The molecule has 27 heavy (non-hydrogen) atoms. The number of hydrogen-bond acceptors (Lipinski definition) is 3. The zero-order chi connectivity index (χ0) is 20.2. The Morgan fingerprint density at radius 2 is 1.81 bits per heavy atom. The Morgan fingerprint density at radius 3 is 2.37 bits per heavy atom. The molecule has 2 aromatic rings. The maximum Gasteiger partial charge on any atom is 0.418 e. The summed E-state index contributed by atoms with van der Waals surface area (Å²) in [7, 11) is 3.46. The molecule has 1 amide bonds. The van der Waals surface area contributed by atoms with E-state index in [0.29, 0.717) is 9.88 Å². The molecular formula is C18H16ClF3N2OS2. The molecule has 0 fully saturated rings. The Hall–Kier alpha value is -1.77. The Balaban J connectivity index is 2.36. The van der Waals surface area contributed by atoms with Gasteiger partial charge in [-0.15, -0.1) is 0 Å². The minimum Gasteiger partial charge on any atom is -0.364 e. The fraction of sp³-hybridized carbons (Fsp3) is 0.222. The van der Waals surface area contributed by atoms with Gasteiger partial charge in [-0.25, -0.2) is 0 Å². The monoisotopic (exact) mass is 432 g/mol. The van der Waals surface area contributed by atoms with Gasteiger partial charge < -0.3 is 10.2 Å². The van der Waals surface area contributed by atoms with Crippen LogP contribution in [0, 0.1) is 0 Å². The molecule has 1 unspecified atom stereocenters.